The van der Waals surface area contributed by atoms with E-state index in [2.05, 4.69) is 4.98 Å². The van der Waals surface area contributed by atoms with E-state index in [1.807, 2.05) is 0 Å². The Bertz CT molecular complexity index is 985. The molecular weight excluding hydrogens is 308 g/mol. The maximum Gasteiger partial charge on any atom is 0.271 e. The number of hydrogen-bond acceptors (Lipinski definition) is 4. The molecule has 3 rings (SSSR count). The molecular formula is C15H9F2N3O3. The first-order valence-electron chi connectivity index (χ1n) is 6.53. The fourth-order valence-electron chi connectivity index (χ4n) is 2.21. The maximum atomic E-state index is 13.2. The number of non-ortho nitro benzene ring substituents is 1. The summed E-state index contributed by atoms with van der Waals surface area (Å²) in [6.07, 6.45) is 1.22. The monoisotopic (exact) mass is 317 g/mol. The Morgan fingerprint density at radius 2 is 1.91 bits per heavy atom. The van der Waals surface area contributed by atoms with Gasteiger partial charge in [0, 0.05) is 12.1 Å². The SMILES string of the molecule is O=c1c2ccc([N+](=O)[O-])cc2ncn1Cc1ccc(F)c(F)c1. The summed E-state index contributed by atoms with van der Waals surface area (Å²) in [7, 11) is 0. The predicted octanol–water partition coefficient (Wildman–Crippen LogP) is 2.63. The summed E-state index contributed by atoms with van der Waals surface area (Å²) in [5.74, 6) is -1.97. The molecule has 0 aliphatic heterocycles. The Labute approximate surface area is 127 Å². The number of nitro groups is 1. The first kappa shape index (κ1) is 14.8. The van der Waals surface area contributed by atoms with Crippen LogP contribution in [-0.4, -0.2) is 14.5 Å². The van der Waals surface area contributed by atoms with Crippen LogP contribution in [0.3, 0.4) is 0 Å². The van der Waals surface area contributed by atoms with Crippen molar-refractivity contribution >= 4 is 16.6 Å². The van der Waals surface area contributed by atoms with Crippen molar-refractivity contribution in [2.45, 2.75) is 6.54 Å². The highest BCUT2D eigenvalue weighted by Crippen LogP contribution is 2.16. The maximum absolute atomic E-state index is 13.2. The van der Waals surface area contributed by atoms with Crippen LogP contribution in [0.5, 0.6) is 0 Å². The minimum absolute atomic E-state index is 0.00988. The topological polar surface area (TPSA) is 78.0 Å². The van der Waals surface area contributed by atoms with E-state index in [0.717, 1.165) is 12.1 Å². The van der Waals surface area contributed by atoms with E-state index in [0.29, 0.717) is 5.56 Å². The number of nitrogens with zero attached hydrogens (tertiary/aromatic N) is 3. The van der Waals surface area contributed by atoms with E-state index >= 15 is 0 Å². The number of benzene rings is 2. The van der Waals surface area contributed by atoms with Crippen molar-refractivity contribution in [3.05, 3.63) is 80.4 Å². The van der Waals surface area contributed by atoms with E-state index in [4.69, 9.17) is 0 Å². The molecule has 2 aromatic carbocycles. The molecule has 0 amide bonds. The molecule has 0 spiro atoms. The second-order valence-corrected chi connectivity index (χ2v) is 4.88. The van der Waals surface area contributed by atoms with Gasteiger partial charge in [-0.2, -0.15) is 0 Å². The summed E-state index contributed by atoms with van der Waals surface area (Å²) in [6.45, 7) is 0.00988. The average Bonchev–Trinajstić information content (AvgIpc) is 2.53. The van der Waals surface area contributed by atoms with Gasteiger partial charge in [-0.15, -0.1) is 0 Å². The molecule has 0 radical (unpaired) electrons. The first-order chi connectivity index (χ1) is 11.0. The quantitative estimate of drug-likeness (QED) is 0.549. The molecule has 3 aromatic rings. The minimum Gasteiger partial charge on any atom is -0.294 e. The number of aromatic nitrogens is 2. The zero-order chi connectivity index (χ0) is 16.6. The predicted molar refractivity (Wildman–Crippen MR) is 78.1 cm³/mol. The minimum atomic E-state index is -1.00. The van der Waals surface area contributed by atoms with Crippen LogP contribution in [0.2, 0.25) is 0 Å². The zero-order valence-electron chi connectivity index (χ0n) is 11.6. The van der Waals surface area contributed by atoms with Crippen molar-refractivity contribution < 1.29 is 13.7 Å². The molecule has 0 aliphatic carbocycles. The van der Waals surface area contributed by atoms with Crippen LogP contribution in [0.15, 0.2) is 47.5 Å². The van der Waals surface area contributed by atoms with Crippen molar-refractivity contribution in [3.8, 4) is 0 Å². The lowest BCUT2D eigenvalue weighted by molar-refractivity contribution is -0.384. The Hall–Kier alpha value is -3.16. The molecule has 8 heteroatoms. The summed E-state index contributed by atoms with van der Waals surface area (Å²) < 4.78 is 27.4. The van der Waals surface area contributed by atoms with Crippen LogP contribution in [0.4, 0.5) is 14.5 Å². The van der Waals surface area contributed by atoms with Gasteiger partial charge in [0.05, 0.1) is 28.7 Å². The lowest BCUT2D eigenvalue weighted by atomic mass is 10.2. The molecule has 0 N–H and O–H groups in total. The molecule has 0 unspecified atom stereocenters. The van der Waals surface area contributed by atoms with Gasteiger partial charge >= 0.3 is 0 Å². The van der Waals surface area contributed by atoms with Gasteiger partial charge in [0.1, 0.15) is 0 Å². The van der Waals surface area contributed by atoms with E-state index < -0.39 is 22.1 Å². The van der Waals surface area contributed by atoms with Gasteiger partial charge in [-0.1, -0.05) is 6.07 Å². The molecule has 0 atom stereocenters. The largest absolute Gasteiger partial charge is 0.294 e. The van der Waals surface area contributed by atoms with Crippen LogP contribution in [0.1, 0.15) is 5.56 Å². The molecule has 1 heterocycles. The lowest BCUT2D eigenvalue weighted by Gasteiger charge is -2.07. The summed E-state index contributed by atoms with van der Waals surface area (Å²) in [5, 5.41) is 10.9. The van der Waals surface area contributed by atoms with Gasteiger partial charge in [0.25, 0.3) is 11.2 Å². The average molecular weight is 317 g/mol. The summed E-state index contributed by atoms with van der Waals surface area (Å²) in [6, 6.07) is 7.09. The highest BCUT2D eigenvalue weighted by atomic mass is 19.2. The Morgan fingerprint density at radius 3 is 2.61 bits per heavy atom. The van der Waals surface area contributed by atoms with E-state index in [9.17, 15) is 23.7 Å². The highest BCUT2D eigenvalue weighted by Gasteiger charge is 2.11. The normalized spacial score (nSPS) is 10.9. The van der Waals surface area contributed by atoms with Crippen molar-refractivity contribution in [2.75, 3.05) is 0 Å². The Balaban J connectivity index is 2.03. The highest BCUT2D eigenvalue weighted by molar-refractivity contribution is 5.79. The summed E-state index contributed by atoms with van der Waals surface area (Å²) in [4.78, 5) is 26.5. The molecule has 0 fully saturated rings. The van der Waals surface area contributed by atoms with E-state index in [1.165, 1.54) is 35.2 Å². The van der Waals surface area contributed by atoms with Gasteiger partial charge < -0.3 is 0 Å². The Morgan fingerprint density at radius 1 is 1.13 bits per heavy atom. The molecule has 1 aromatic heterocycles. The molecule has 0 bridgehead atoms. The third-order valence-electron chi connectivity index (χ3n) is 3.36. The van der Waals surface area contributed by atoms with Crippen LogP contribution in [-0.2, 0) is 6.54 Å². The summed E-state index contributed by atoms with van der Waals surface area (Å²) in [5.41, 5.74) is 0.0113. The van der Waals surface area contributed by atoms with E-state index in [-0.39, 0.29) is 23.1 Å². The molecule has 0 saturated carbocycles. The van der Waals surface area contributed by atoms with Crippen LogP contribution in [0, 0.1) is 21.7 Å². The van der Waals surface area contributed by atoms with Crippen molar-refractivity contribution in [2.24, 2.45) is 0 Å². The van der Waals surface area contributed by atoms with Crippen molar-refractivity contribution in [1.29, 1.82) is 0 Å². The number of fused-ring (bicyclic) bond motifs is 1. The zero-order valence-corrected chi connectivity index (χ0v) is 11.6. The van der Waals surface area contributed by atoms with E-state index in [1.54, 1.807) is 0 Å². The first-order valence-corrected chi connectivity index (χ1v) is 6.53. The smallest absolute Gasteiger partial charge is 0.271 e. The third-order valence-corrected chi connectivity index (χ3v) is 3.36. The Kier molecular flexibility index (Phi) is 3.57. The van der Waals surface area contributed by atoms with Gasteiger partial charge in [-0.25, -0.2) is 13.8 Å². The molecule has 0 aliphatic rings. The van der Waals surface area contributed by atoms with Crippen LogP contribution < -0.4 is 5.56 Å². The second-order valence-electron chi connectivity index (χ2n) is 4.88. The number of rotatable bonds is 3. The second kappa shape index (κ2) is 5.56. The van der Waals surface area contributed by atoms with Crippen molar-refractivity contribution in [3.63, 3.8) is 0 Å². The third kappa shape index (κ3) is 2.78. The number of hydrogen-bond donors (Lipinski definition) is 0. The van der Waals surface area contributed by atoms with Gasteiger partial charge in [-0.3, -0.25) is 19.5 Å². The number of nitro benzene ring substituents is 1. The van der Waals surface area contributed by atoms with Gasteiger partial charge in [0.15, 0.2) is 11.6 Å². The van der Waals surface area contributed by atoms with Crippen molar-refractivity contribution in [1.82, 2.24) is 9.55 Å². The van der Waals surface area contributed by atoms with Gasteiger partial charge in [-0.05, 0) is 23.8 Å². The molecule has 23 heavy (non-hydrogen) atoms. The summed E-state index contributed by atoms with van der Waals surface area (Å²) >= 11 is 0. The fourth-order valence-corrected chi connectivity index (χ4v) is 2.21. The lowest BCUT2D eigenvalue weighted by Crippen LogP contribution is -2.21. The van der Waals surface area contributed by atoms with Crippen LogP contribution >= 0.6 is 0 Å². The molecule has 0 saturated heterocycles. The van der Waals surface area contributed by atoms with Gasteiger partial charge in [0.2, 0.25) is 0 Å². The van der Waals surface area contributed by atoms with Crippen LogP contribution in [0.25, 0.3) is 10.9 Å². The standard InChI is InChI=1S/C15H9F2N3O3/c16-12-4-1-9(5-13(12)17)7-19-8-18-14-6-10(20(22)23)2-3-11(14)15(19)21/h1-6,8H,7H2. The fraction of sp³-hybridized carbons (Fsp3) is 0.0667. The molecule has 116 valence electrons. The number of halogens is 2. The molecule has 6 nitrogen and oxygen atoms in total.